The first kappa shape index (κ1) is 46.8. The molecule has 0 bridgehead atoms. The van der Waals surface area contributed by atoms with E-state index in [0.29, 0.717) is 23.1 Å². The Kier molecular flexibility index (Phi) is 23.9. The minimum absolute atomic E-state index is 0.124. The van der Waals surface area contributed by atoms with Gasteiger partial charge in [-0.25, -0.2) is 0 Å². The average Bonchev–Trinajstić information content (AvgIpc) is 3.03. The number of phenols is 1. The van der Waals surface area contributed by atoms with E-state index in [1.165, 1.54) is 0 Å². The van der Waals surface area contributed by atoms with Crippen LogP contribution in [0.2, 0.25) is 15.1 Å². The first-order valence-electron chi connectivity index (χ1n) is 15.6. The minimum atomic E-state index is -0.833. The number of benzene rings is 3. The molecule has 3 aromatic rings. The summed E-state index contributed by atoms with van der Waals surface area (Å²) >= 11 is 17.5. The number of aryl methyl sites for hydroxylation is 2. The summed E-state index contributed by atoms with van der Waals surface area (Å²) in [5.74, 6) is -0.825. The number of aliphatic carboxylic acids is 2. The lowest BCUT2D eigenvalue weighted by Crippen LogP contribution is -2.26. The molecule has 0 atom stereocenters. The molecular weight excluding hydrogens is 735 g/mol. The van der Waals surface area contributed by atoms with Crippen molar-refractivity contribution >= 4 is 82.0 Å². The zero-order chi connectivity index (χ0) is 39.6. The number of hydrogen-bond acceptors (Lipinski definition) is 5. The topological polar surface area (TPSA) is 272 Å². The number of nitrogens with one attached hydrogen (secondary N) is 2. The van der Waals surface area contributed by atoms with Gasteiger partial charge in [0.2, 0.25) is 23.8 Å². The number of guanidine groups is 4. The van der Waals surface area contributed by atoms with Gasteiger partial charge in [-0.3, -0.25) is 19.6 Å². The van der Waals surface area contributed by atoms with E-state index in [0.717, 1.165) is 67.1 Å². The second kappa shape index (κ2) is 26.5. The molecule has 0 amide bonds. The number of aromatic hydroxyl groups is 1. The van der Waals surface area contributed by atoms with Crippen molar-refractivity contribution in [2.45, 2.75) is 53.4 Å². The molecule has 3 aromatic carbocycles. The Labute approximate surface area is 318 Å². The molecule has 0 saturated carbocycles. The number of nitrogens with two attached hydrogens (primary N) is 4. The van der Waals surface area contributed by atoms with E-state index in [9.17, 15) is 0 Å². The Balaban J connectivity index is 0.00000118. The van der Waals surface area contributed by atoms with Crippen molar-refractivity contribution in [1.29, 1.82) is 0 Å². The van der Waals surface area contributed by atoms with Crippen molar-refractivity contribution in [1.82, 2.24) is 0 Å². The van der Waals surface area contributed by atoms with Crippen molar-refractivity contribution in [2.75, 3.05) is 23.7 Å². The standard InChI is InChI=1S/C22H30Cl2N10.C8H9ClO.2C2H4O2/c23-15-5-9-17(10-6-15)31-21(27)33-19(25)29-13-3-1-2-4-14-30-20(26)34-22(28)32-18-11-7-16(24)8-12-18;1-5-3-7(10)4-6(2)8(5)9;2*1-2(3)4/h5-12H,1-4,13-14H2,(H5,25,27,29,31,33)(H5,26,28,30,32,34);3-4,10H,1-2H3;2*1H3,(H,3,4). The predicted octanol–water partition coefficient (Wildman–Crippen LogP) is 6.18. The molecule has 0 aliphatic carbocycles. The quantitative estimate of drug-likeness (QED) is 0.0672. The lowest BCUT2D eigenvalue weighted by Gasteiger charge is -2.05. The van der Waals surface area contributed by atoms with Crippen LogP contribution < -0.4 is 33.6 Å². The van der Waals surface area contributed by atoms with Crippen LogP contribution in [-0.2, 0) is 9.59 Å². The number of carboxylic acids is 2. The molecule has 0 aliphatic heterocycles. The summed E-state index contributed by atoms with van der Waals surface area (Å²) < 4.78 is 0. The fraction of sp³-hybridized carbons (Fsp3) is 0.294. The van der Waals surface area contributed by atoms with Gasteiger partial charge in [0.1, 0.15) is 5.75 Å². The van der Waals surface area contributed by atoms with Gasteiger partial charge in [0.25, 0.3) is 11.9 Å². The van der Waals surface area contributed by atoms with Gasteiger partial charge in [0.05, 0.1) is 0 Å². The van der Waals surface area contributed by atoms with E-state index >= 15 is 0 Å². The molecule has 0 saturated heterocycles. The second-order valence-electron chi connectivity index (χ2n) is 10.6. The lowest BCUT2D eigenvalue weighted by atomic mass is 10.1. The molecule has 18 heteroatoms. The Morgan fingerprint density at radius 1 is 0.635 bits per heavy atom. The summed E-state index contributed by atoms with van der Waals surface area (Å²) in [7, 11) is 0. The molecule has 13 N–H and O–H groups in total. The van der Waals surface area contributed by atoms with E-state index in [1.807, 2.05) is 13.8 Å². The monoisotopic (exact) mass is 780 g/mol. The largest absolute Gasteiger partial charge is 0.508 e. The average molecular weight is 782 g/mol. The van der Waals surface area contributed by atoms with Gasteiger partial charge in [0, 0.05) is 53.4 Å². The van der Waals surface area contributed by atoms with Gasteiger partial charge in [-0.2, -0.15) is 9.98 Å². The molecule has 0 aromatic heterocycles. The molecule has 0 heterocycles. The van der Waals surface area contributed by atoms with Crippen LogP contribution in [0.4, 0.5) is 11.4 Å². The van der Waals surface area contributed by atoms with Crippen molar-refractivity contribution in [3.63, 3.8) is 0 Å². The van der Waals surface area contributed by atoms with Gasteiger partial charge in [0.15, 0.2) is 0 Å². The zero-order valence-electron chi connectivity index (χ0n) is 29.4. The number of hydrogen-bond donors (Lipinski definition) is 9. The molecule has 0 radical (unpaired) electrons. The SMILES string of the molecule is CC(=O)O.CC(=O)O.Cc1cc(O)cc(C)c1Cl.NC(=NCCCCCCN=C(N)N=C(N)Nc1ccc(Cl)cc1)N=C(N)Nc1ccc(Cl)cc1. The molecule has 0 spiro atoms. The second-order valence-corrected chi connectivity index (χ2v) is 11.8. The van der Waals surface area contributed by atoms with Gasteiger partial charge >= 0.3 is 0 Å². The predicted molar refractivity (Wildman–Crippen MR) is 214 cm³/mol. The number of anilines is 2. The third-order valence-corrected chi connectivity index (χ3v) is 6.84. The number of aliphatic imine (C=N–C) groups is 4. The first-order chi connectivity index (χ1) is 24.4. The highest BCUT2D eigenvalue weighted by atomic mass is 35.5. The fourth-order valence-electron chi connectivity index (χ4n) is 3.62. The van der Waals surface area contributed by atoms with Crippen LogP contribution in [0.15, 0.2) is 80.6 Å². The van der Waals surface area contributed by atoms with Crippen molar-refractivity contribution in [3.05, 3.63) is 86.9 Å². The molecule has 284 valence electrons. The third kappa shape index (κ3) is 25.7. The first-order valence-corrected chi connectivity index (χ1v) is 16.7. The molecule has 0 aliphatic rings. The maximum Gasteiger partial charge on any atom is 0.300 e. The van der Waals surface area contributed by atoms with E-state index in [2.05, 4.69) is 30.6 Å². The molecular formula is C34H47Cl3N10O5. The summed E-state index contributed by atoms with van der Waals surface area (Å²) in [5.41, 5.74) is 26.6. The van der Waals surface area contributed by atoms with Crippen LogP contribution in [0, 0.1) is 13.8 Å². The van der Waals surface area contributed by atoms with Gasteiger partial charge in [-0.15, -0.1) is 0 Å². The highest BCUT2D eigenvalue weighted by Crippen LogP contribution is 2.24. The Morgan fingerprint density at radius 2 is 0.942 bits per heavy atom. The number of carboxylic acid groups (broad SMARTS) is 2. The Bertz CT molecular complexity index is 1540. The van der Waals surface area contributed by atoms with Gasteiger partial charge in [-0.05, 0) is 98.5 Å². The molecule has 3 rings (SSSR count). The van der Waals surface area contributed by atoms with Crippen molar-refractivity contribution in [2.24, 2.45) is 42.9 Å². The Hall–Kier alpha value is -5.25. The summed E-state index contributed by atoms with van der Waals surface area (Å²) in [6.07, 6.45) is 3.68. The number of rotatable bonds is 9. The molecule has 52 heavy (non-hydrogen) atoms. The number of phenolic OH excluding ortho intramolecular Hbond substituents is 1. The fourth-order valence-corrected chi connectivity index (χ4v) is 3.98. The van der Waals surface area contributed by atoms with Crippen LogP contribution in [0.1, 0.15) is 50.7 Å². The van der Waals surface area contributed by atoms with Crippen LogP contribution in [0.5, 0.6) is 5.75 Å². The zero-order valence-corrected chi connectivity index (χ0v) is 31.7. The molecule has 15 nitrogen and oxygen atoms in total. The van der Waals surface area contributed by atoms with E-state index in [1.54, 1.807) is 60.7 Å². The summed E-state index contributed by atoms with van der Waals surface area (Å²) in [4.78, 5) is 34.5. The van der Waals surface area contributed by atoms with Gasteiger partial charge in [-0.1, -0.05) is 47.6 Å². The number of nitrogens with zero attached hydrogens (tertiary/aromatic N) is 4. The number of unbranched alkanes of at least 4 members (excludes halogenated alkanes) is 3. The Morgan fingerprint density at radius 3 is 1.25 bits per heavy atom. The van der Waals surface area contributed by atoms with E-state index in [4.69, 9.17) is 82.6 Å². The smallest absolute Gasteiger partial charge is 0.300 e. The van der Waals surface area contributed by atoms with Gasteiger partial charge < -0.3 is 48.9 Å². The van der Waals surface area contributed by atoms with Crippen molar-refractivity contribution < 1.29 is 24.9 Å². The van der Waals surface area contributed by atoms with Crippen LogP contribution in [0.25, 0.3) is 0 Å². The van der Waals surface area contributed by atoms with Crippen molar-refractivity contribution in [3.8, 4) is 5.75 Å². The molecule has 0 fully saturated rings. The van der Waals surface area contributed by atoms with E-state index in [-0.39, 0.29) is 29.6 Å². The number of carbonyl (C=O) groups is 2. The lowest BCUT2D eigenvalue weighted by molar-refractivity contribution is -0.135. The van der Waals surface area contributed by atoms with Crippen LogP contribution in [0.3, 0.4) is 0 Å². The van der Waals surface area contributed by atoms with Crippen LogP contribution in [-0.4, -0.2) is 64.2 Å². The summed E-state index contributed by atoms with van der Waals surface area (Å²) in [6, 6.07) is 17.4. The highest BCUT2D eigenvalue weighted by Gasteiger charge is 2.01. The maximum absolute atomic E-state index is 9.06. The number of halogens is 3. The summed E-state index contributed by atoms with van der Waals surface area (Å²) in [6.45, 7) is 7.03. The van der Waals surface area contributed by atoms with E-state index < -0.39 is 11.9 Å². The minimum Gasteiger partial charge on any atom is -0.508 e. The highest BCUT2D eigenvalue weighted by molar-refractivity contribution is 6.32. The summed E-state index contributed by atoms with van der Waals surface area (Å²) in [5, 5.41) is 31.7. The third-order valence-electron chi connectivity index (χ3n) is 5.74. The maximum atomic E-state index is 9.06. The molecule has 0 unspecified atom stereocenters. The van der Waals surface area contributed by atoms with Crippen LogP contribution >= 0.6 is 34.8 Å². The normalized spacial score (nSPS) is 11.4.